The van der Waals surface area contributed by atoms with Gasteiger partial charge >= 0.3 is 0 Å². The lowest BCUT2D eigenvalue weighted by atomic mass is 10.3. The van der Waals surface area contributed by atoms with Gasteiger partial charge in [0.15, 0.2) is 0 Å². The average molecular weight is 124 g/mol. The predicted octanol–water partition coefficient (Wildman–Crippen LogP) is 2.25. The van der Waals surface area contributed by atoms with Crippen LogP contribution in [0.5, 0.6) is 0 Å². The zero-order chi connectivity index (χ0) is 6.95. The van der Waals surface area contributed by atoms with Crippen LogP contribution in [0.3, 0.4) is 0 Å². The maximum Gasteiger partial charge on any atom is 0.0752 e. The van der Waals surface area contributed by atoms with Gasteiger partial charge < -0.3 is 5.11 Å². The van der Waals surface area contributed by atoms with Crippen molar-refractivity contribution in [1.29, 1.82) is 0 Å². The molecule has 50 valence electrons. The Morgan fingerprint density at radius 2 is 2.22 bits per heavy atom. The van der Waals surface area contributed by atoms with Crippen molar-refractivity contribution in [1.82, 2.24) is 0 Å². The minimum absolute atomic E-state index is 0.851. The lowest BCUT2D eigenvalue weighted by Crippen LogP contribution is -1.64. The van der Waals surface area contributed by atoms with E-state index in [0.29, 0.717) is 0 Å². The molecular formula is C8H12O. The van der Waals surface area contributed by atoms with Crippen molar-refractivity contribution >= 4 is 0 Å². The molecule has 0 fully saturated rings. The van der Waals surface area contributed by atoms with Crippen LogP contribution in [0.15, 0.2) is 12.3 Å². The van der Waals surface area contributed by atoms with Gasteiger partial charge in [0.25, 0.3) is 0 Å². The van der Waals surface area contributed by atoms with Gasteiger partial charge in [0.2, 0.25) is 0 Å². The lowest BCUT2D eigenvalue weighted by molar-refractivity contribution is 0.471. The van der Waals surface area contributed by atoms with Crippen LogP contribution in [-0.2, 0) is 0 Å². The Morgan fingerprint density at radius 3 is 2.78 bits per heavy atom. The fourth-order valence-corrected chi connectivity index (χ4v) is 0.443. The summed E-state index contributed by atoms with van der Waals surface area (Å²) in [6.45, 7) is 2.02. The first-order chi connectivity index (χ1) is 4.41. The van der Waals surface area contributed by atoms with E-state index in [4.69, 9.17) is 5.11 Å². The second-order valence-electron chi connectivity index (χ2n) is 1.63. The van der Waals surface area contributed by atoms with E-state index in [1.165, 1.54) is 0 Å². The van der Waals surface area contributed by atoms with E-state index in [0.717, 1.165) is 25.5 Å². The molecule has 1 nitrogen and oxygen atoms in total. The molecule has 0 aliphatic carbocycles. The summed E-state index contributed by atoms with van der Waals surface area (Å²) < 4.78 is 0. The van der Waals surface area contributed by atoms with Gasteiger partial charge in [0, 0.05) is 12.8 Å². The number of hydrogen-bond acceptors (Lipinski definition) is 1. The van der Waals surface area contributed by atoms with Gasteiger partial charge in [-0.15, -0.1) is 11.8 Å². The van der Waals surface area contributed by atoms with E-state index >= 15 is 0 Å². The van der Waals surface area contributed by atoms with Crippen molar-refractivity contribution in [2.45, 2.75) is 26.2 Å². The SMILES string of the molecule is CCC#CCCC=CO. The summed E-state index contributed by atoms with van der Waals surface area (Å²) in [5, 5.41) is 8.19. The first kappa shape index (κ1) is 8.10. The highest BCUT2D eigenvalue weighted by molar-refractivity contribution is 4.98. The zero-order valence-corrected chi connectivity index (χ0v) is 5.72. The zero-order valence-electron chi connectivity index (χ0n) is 5.72. The van der Waals surface area contributed by atoms with Gasteiger partial charge in [-0.1, -0.05) is 6.92 Å². The molecule has 0 rings (SSSR count). The van der Waals surface area contributed by atoms with Crippen LogP contribution < -0.4 is 0 Å². The third-order valence-corrected chi connectivity index (χ3v) is 0.843. The number of hydrogen-bond donors (Lipinski definition) is 1. The monoisotopic (exact) mass is 124 g/mol. The van der Waals surface area contributed by atoms with Crippen LogP contribution in [0.25, 0.3) is 0 Å². The molecule has 0 atom stereocenters. The Morgan fingerprint density at radius 1 is 1.44 bits per heavy atom. The molecule has 0 aromatic rings. The molecule has 0 radical (unpaired) electrons. The van der Waals surface area contributed by atoms with E-state index in [2.05, 4.69) is 11.8 Å². The molecule has 0 unspecified atom stereocenters. The van der Waals surface area contributed by atoms with Crippen LogP contribution in [-0.4, -0.2) is 5.11 Å². The number of aliphatic hydroxyl groups is 1. The summed E-state index contributed by atoms with van der Waals surface area (Å²) in [6, 6.07) is 0. The minimum Gasteiger partial charge on any atom is -0.516 e. The van der Waals surface area contributed by atoms with Gasteiger partial charge in [0.05, 0.1) is 6.26 Å². The van der Waals surface area contributed by atoms with E-state index in [1.54, 1.807) is 6.08 Å². The number of aliphatic hydroxyl groups excluding tert-OH is 1. The Balaban J connectivity index is 3.09. The van der Waals surface area contributed by atoms with Crippen LogP contribution in [0, 0.1) is 11.8 Å². The van der Waals surface area contributed by atoms with Crippen molar-refractivity contribution < 1.29 is 5.11 Å². The molecule has 0 aromatic carbocycles. The average Bonchev–Trinajstić information content (AvgIpc) is 1.89. The quantitative estimate of drug-likeness (QED) is 0.340. The lowest BCUT2D eigenvalue weighted by Gasteiger charge is -1.78. The number of rotatable bonds is 2. The van der Waals surface area contributed by atoms with Crippen LogP contribution in [0.2, 0.25) is 0 Å². The third-order valence-electron chi connectivity index (χ3n) is 0.843. The standard InChI is InChI=1S/C8H12O/c1-2-3-4-5-6-7-8-9/h7-9H,2,5-6H2,1H3. The molecule has 0 heterocycles. The maximum atomic E-state index is 8.19. The molecule has 0 aliphatic heterocycles. The second-order valence-corrected chi connectivity index (χ2v) is 1.63. The Labute approximate surface area is 56.4 Å². The van der Waals surface area contributed by atoms with E-state index in [1.807, 2.05) is 6.92 Å². The Hall–Kier alpha value is -0.900. The first-order valence-corrected chi connectivity index (χ1v) is 3.16. The minimum atomic E-state index is 0.851. The normalized spacial score (nSPS) is 9.00. The molecule has 1 heteroatoms. The molecule has 0 amide bonds. The largest absolute Gasteiger partial charge is 0.516 e. The van der Waals surface area contributed by atoms with E-state index in [9.17, 15) is 0 Å². The summed E-state index contributed by atoms with van der Waals surface area (Å²) in [4.78, 5) is 0. The van der Waals surface area contributed by atoms with E-state index in [-0.39, 0.29) is 0 Å². The molecule has 0 aliphatic rings. The maximum absolute atomic E-state index is 8.19. The molecule has 9 heavy (non-hydrogen) atoms. The predicted molar refractivity (Wildman–Crippen MR) is 39.1 cm³/mol. The van der Waals surface area contributed by atoms with Crippen molar-refractivity contribution in [2.75, 3.05) is 0 Å². The summed E-state index contributed by atoms with van der Waals surface area (Å²) in [5.41, 5.74) is 0. The summed E-state index contributed by atoms with van der Waals surface area (Å²) in [5.74, 6) is 5.90. The van der Waals surface area contributed by atoms with Crippen molar-refractivity contribution in [3.8, 4) is 11.8 Å². The molecule has 1 N–H and O–H groups in total. The van der Waals surface area contributed by atoms with Gasteiger partial charge in [-0.3, -0.25) is 0 Å². The number of unbranched alkanes of at least 4 members (excludes halogenated alkanes) is 1. The van der Waals surface area contributed by atoms with Crippen molar-refractivity contribution in [3.63, 3.8) is 0 Å². The molecular weight excluding hydrogens is 112 g/mol. The fraction of sp³-hybridized carbons (Fsp3) is 0.500. The van der Waals surface area contributed by atoms with Gasteiger partial charge in [-0.25, -0.2) is 0 Å². The molecule has 0 saturated heterocycles. The van der Waals surface area contributed by atoms with E-state index < -0.39 is 0 Å². The first-order valence-electron chi connectivity index (χ1n) is 3.16. The Bertz CT molecular complexity index is 125. The van der Waals surface area contributed by atoms with Crippen molar-refractivity contribution in [3.05, 3.63) is 12.3 Å². The Kier molecular flexibility index (Phi) is 6.39. The summed E-state index contributed by atoms with van der Waals surface area (Å²) >= 11 is 0. The fourth-order valence-electron chi connectivity index (χ4n) is 0.443. The smallest absolute Gasteiger partial charge is 0.0752 e. The molecule has 0 aromatic heterocycles. The van der Waals surface area contributed by atoms with Crippen LogP contribution >= 0.6 is 0 Å². The van der Waals surface area contributed by atoms with Crippen LogP contribution in [0.4, 0.5) is 0 Å². The number of allylic oxidation sites excluding steroid dienone is 1. The topological polar surface area (TPSA) is 20.2 Å². The van der Waals surface area contributed by atoms with Crippen LogP contribution in [0.1, 0.15) is 26.2 Å². The van der Waals surface area contributed by atoms with Crippen molar-refractivity contribution in [2.24, 2.45) is 0 Å². The van der Waals surface area contributed by atoms with Gasteiger partial charge in [-0.2, -0.15) is 0 Å². The molecule has 0 spiro atoms. The summed E-state index contributed by atoms with van der Waals surface area (Å²) in [7, 11) is 0. The highest BCUT2D eigenvalue weighted by Gasteiger charge is 1.72. The molecule has 0 bridgehead atoms. The van der Waals surface area contributed by atoms with Gasteiger partial charge in [0.1, 0.15) is 0 Å². The third kappa shape index (κ3) is 7.10. The second kappa shape index (κ2) is 7.10. The van der Waals surface area contributed by atoms with Gasteiger partial charge in [-0.05, 0) is 12.5 Å². The summed E-state index contributed by atoms with van der Waals surface area (Å²) in [6.07, 6.45) is 5.38. The molecule has 0 saturated carbocycles. The highest BCUT2D eigenvalue weighted by atomic mass is 16.2. The highest BCUT2D eigenvalue weighted by Crippen LogP contribution is 1.86.